The first kappa shape index (κ1) is 13.9. The van der Waals surface area contributed by atoms with Gasteiger partial charge in [0.25, 0.3) is 0 Å². The Morgan fingerprint density at radius 3 is 2.78 bits per heavy atom. The number of rotatable bonds is 4. The highest BCUT2D eigenvalue weighted by molar-refractivity contribution is 9.10. The van der Waals surface area contributed by atoms with E-state index in [2.05, 4.69) is 25.8 Å². The zero-order chi connectivity index (χ0) is 13.0. The van der Waals surface area contributed by atoms with Crippen LogP contribution in [0.3, 0.4) is 0 Å². The maximum Gasteiger partial charge on any atom is 0.197 e. The lowest BCUT2D eigenvalue weighted by Gasteiger charge is -2.26. The fourth-order valence-electron chi connectivity index (χ4n) is 1.77. The van der Waals surface area contributed by atoms with E-state index in [1.165, 1.54) is 6.20 Å². The lowest BCUT2D eigenvalue weighted by Crippen LogP contribution is -2.39. The summed E-state index contributed by atoms with van der Waals surface area (Å²) < 4.78 is 30.0. The summed E-state index contributed by atoms with van der Waals surface area (Å²) in [6.07, 6.45) is 1.49. The second kappa shape index (κ2) is 6.10. The topological polar surface area (TPSA) is 59.5 Å². The van der Waals surface area contributed by atoms with E-state index in [4.69, 9.17) is 4.74 Å². The Balaban J connectivity index is 2.01. The van der Waals surface area contributed by atoms with Gasteiger partial charge < -0.3 is 4.74 Å². The van der Waals surface area contributed by atoms with E-state index in [-0.39, 0.29) is 10.8 Å². The normalized spacial score (nSPS) is 17.8. The molecule has 1 fully saturated rings. The van der Waals surface area contributed by atoms with E-state index in [1.807, 2.05) is 0 Å². The van der Waals surface area contributed by atoms with Gasteiger partial charge in [0.05, 0.1) is 23.4 Å². The minimum atomic E-state index is -3.33. The number of hydrogen-bond donors (Lipinski definition) is 0. The molecule has 2 rings (SSSR count). The summed E-state index contributed by atoms with van der Waals surface area (Å²) in [6.45, 7) is 3.45. The minimum absolute atomic E-state index is 0.0859. The van der Waals surface area contributed by atoms with Crippen LogP contribution < -0.4 is 0 Å². The minimum Gasteiger partial charge on any atom is -0.379 e. The number of ether oxygens (including phenoxy) is 1. The number of pyridine rings is 1. The van der Waals surface area contributed by atoms with Crippen molar-refractivity contribution >= 4 is 25.8 Å². The Morgan fingerprint density at radius 1 is 1.39 bits per heavy atom. The maximum atomic E-state index is 12.1. The number of hydrogen-bond acceptors (Lipinski definition) is 5. The quantitative estimate of drug-likeness (QED) is 0.820. The van der Waals surface area contributed by atoms with Gasteiger partial charge in [0.1, 0.15) is 0 Å². The third-order valence-corrected chi connectivity index (χ3v) is 5.34. The zero-order valence-corrected chi connectivity index (χ0v) is 12.3. The molecule has 5 nitrogen and oxygen atoms in total. The smallest absolute Gasteiger partial charge is 0.197 e. The fraction of sp³-hybridized carbons (Fsp3) is 0.545. The fourth-order valence-corrected chi connectivity index (χ4v) is 4.04. The van der Waals surface area contributed by atoms with Crippen molar-refractivity contribution in [3.05, 3.63) is 22.8 Å². The van der Waals surface area contributed by atoms with Gasteiger partial charge in [-0.25, -0.2) is 13.4 Å². The molecule has 0 saturated carbocycles. The molecule has 0 amide bonds. The van der Waals surface area contributed by atoms with Gasteiger partial charge >= 0.3 is 0 Å². The zero-order valence-electron chi connectivity index (χ0n) is 9.88. The van der Waals surface area contributed by atoms with Crippen LogP contribution in [0.2, 0.25) is 0 Å². The molecule has 0 spiro atoms. The van der Waals surface area contributed by atoms with E-state index >= 15 is 0 Å². The van der Waals surface area contributed by atoms with E-state index in [0.29, 0.717) is 24.2 Å². The summed E-state index contributed by atoms with van der Waals surface area (Å²) in [4.78, 5) is 6.03. The van der Waals surface area contributed by atoms with Crippen LogP contribution in [0, 0.1) is 0 Å². The molecule has 1 aromatic heterocycles. The largest absolute Gasteiger partial charge is 0.379 e. The van der Waals surface area contributed by atoms with Crippen molar-refractivity contribution in [2.45, 2.75) is 5.03 Å². The van der Waals surface area contributed by atoms with Gasteiger partial charge in [-0.15, -0.1) is 0 Å². The lowest BCUT2D eigenvalue weighted by atomic mass is 10.4. The molecule has 1 saturated heterocycles. The Kier molecular flexibility index (Phi) is 4.71. The van der Waals surface area contributed by atoms with E-state index in [1.54, 1.807) is 12.1 Å². The molecule has 1 aromatic rings. The summed E-state index contributed by atoms with van der Waals surface area (Å²) in [5.41, 5.74) is 0. The average Bonchev–Trinajstić information content (AvgIpc) is 2.38. The first-order valence-electron chi connectivity index (χ1n) is 5.73. The molecular formula is C11H15BrN2O3S. The van der Waals surface area contributed by atoms with Gasteiger partial charge in [-0.2, -0.15) is 0 Å². The summed E-state index contributed by atoms with van der Waals surface area (Å²) >= 11 is 3.22. The van der Waals surface area contributed by atoms with Gasteiger partial charge in [-0.3, -0.25) is 4.90 Å². The van der Waals surface area contributed by atoms with Crippen LogP contribution in [0.5, 0.6) is 0 Å². The summed E-state index contributed by atoms with van der Waals surface area (Å²) in [5.74, 6) is 0.0859. The van der Waals surface area contributed by atoms with Gasteiger partial charge in [-0.05, 0) is 28.1 Å². The third-order valence-electron chi connectivity index (χ3n) is 2.80. The second-order valence-corrected chi connectivity index (χ2v) is 6.94. The molecule has 0 bridgehead atoms. The second-order valence-electron chi connectivity index (χ2n) is 4.06. The molecular weight excluding hydrogens is 320 g/mol. The number of morpholine rings is 1. The standard InChI is InChI=1S/C11H15BrN2O3S/c12-10-2-1-3-13-11(10)18(15,16)9-6-14-4-7-17-8-5-14/h1-3H,4-9H2. The molecule has 7 heteroatoms. The number of sulfone groups is 1. The van der Waals surface area contributed by atoms with Crippen LogP contribution in [-0.2, 0) is 14.6 Å². The van der Waals surface area contributed by atoms with E-state index in [9.17, 15) is 8.42 Å². The van der Waals surface area contributed by atoms with Gasteiger partial charge in [0, 0.05) is 25.8 Å². The van der Waals surface area contributed by atoms with Gasteiger partial charge in [0.15, 0.2) is 14.9 Å². The molecule has 100 valence electrons. The van der Waals surface area contributed by atoms with Crippen LogP contribution in [0.1, 0.15) is 0 Å². The highest BCUT2D eigenvalue weighted by atomic mass is 79.9. The monoisotopic (exact) mass is 334 g/mol. The first-order chi connectivity index (χ1) is 8.59. The van der Waals surface area contributed by atoms with Crippen LogP contribution in [0.4, 0.5) is 0 Å². The lowest BCUT2D eigenvalue weighted by molar-refractivity contribution is 0.0408. The van der Waals surface area contributed by atoms with Crippen molar-refractivity contribution in [1.29, 1.82) is 0 Å². The number of halogens is 1. The third kappa shape index (κ3) is 3.50. The summed E-state index contributed by atoms with van der Waals surface area (Å²) in [6, 6.07) is 3.39. The Bertz CT molecular complexity index is 501. The van der Waals surface area contributed by atoms with Crippen molar-refractivity contribution in [2.24, 2.45) is 0 Å². The molecule has 0 N–H and O–H groups in total. The van der Waals surface area contributed by atoms with Gasteiger partial charge in [0.2, 0.25) is 0 Å². The van der Waals surface area contributed by atoms with Crippen molar-refractivity contribution in [2.75, 3.05) is 38.6 Å². The Hall–Kier alpha value is -0.500. The summed E-state index contributed by atoms with van der Waals surface area (Å²) in [5, 5.41) is 0.123. The molecule has 18 heavy (non-hydrogen) atoms. The average molecular weight is 335 g/mol. The Morgan fingerprint density at radius 2 is 2.11 bits per heavy atom. The van der Waals surface area contributed by atoms with Crippen LogP contribution >= 0.6 is 15.9 Å². The van der Waals surface area contributed by atoms with Gasteiger partial charge in [-0.1, -0.05) is 0 Å². The molecule has 2 heterocycles. The van der Waals surface area contributed by atoms with E-state index < -0.39 is 9.84 Å². The van der Waals surface area contributed by atoms with Crippen molar-refractivity contribution < 1.29 is 13.2 Å². The highest BCUT2D eigenvalue weighted by Crippen LogP contribution is 2.19. The van der Waals surface area contributed by atoms with Crippen molar-refractivity contribution in [3.8, 4) is 0 Å². The summed E-state index contributed by atoms with van der Waals surface area (Å²) in [7, 11) is -3.33. The van der Waals surface area contributed by atoms with Crippen LogP contribution in [0.15, 0.2) is 27.8 Å². The molecule has 0 atom stereocenters. The molecule has 0 aliphatic carbocycles. The van der Waals surface area contributed by atoms with Crippen molar-refractivity contribution in [1.82, 2.24) is 9.88 Å². The Labute approximate surface area is 115 Å². The van der Waals surface area contributed by atoms with E-state index in [0.717, 1.165) is 13.1 Å². The van der Waals surface area contributed by atoms with Crippen molar-refractivity contribution in [3.63, 3.8) is 0 Å². The molecule has 1 aliphatic rings. The molecule has 1 aliphatic heterocycles. The number of aromatic nitrogens is 1. The highest BCUT2D eigenvalue weighted by Gasteiger charge is 2.21. The predicted molar refractivity (Wildman–Crippen MR) is 71.2 cm³/mol. The number of nitrogens with zero attached hydrogens (tertiary/aromatic N) is 2. The maximum absolute atomic E-state index is 12.1. The SMILES string of the molecule is O=S(=O)(CCN1CCOCC1)c1ncccc1Br. The predicted octanol–water partition coefficient (Wildman–Crippen LogP) is 0.950. The molecule has 0 unspecified atom stereocenters. The van der Waals surface area contributed by atoms with Crippen LogP contribution in [0.25, 0.3) is 0 Å². The van der Waals surface area contributed by atoms with Crippen LogP contribution in [-0.4, -0.2) is 56.9 Å². The molecule has 0 radical (unpaired) electrons. The first-order valence-corrected chi connectivity index (χ1v) is 8.17. The molecule has 0 aromatic carbocycles.